The summed E-state index contributed by atoms with van der Waals surface area (Å²) in [6.45, 7) is 3.78. The quantitative estimate of drug-likeness (QED) is 0.724. The number of Topliss-reactive ketones (excluding diaryl/α,β-unsaturated/α-hetero) is 1. The van der Waals surface area contributed by atoms with Crippen molar-refractivity contribution in [1.29, 1.82) is 0 Å². The van der Waals surface area contributed by atoms with E-state index in [2.05, 4.69) is 0 Å². The summed E-state index contributed by atoms with van der Waals surface area (Å²) in [6, 6.07) is 3.19. The van der Waals surface area contributed by atoms with Gasteiger partial charge in [0.05, 0.1) is 18.7 Å². The van der Waals surface area contributed by atoms with Crippen LogP contribution in [0.5, 0.6) is 5.75 Å². The molecule has 1 aliphatic rings. The van der Waals surface area contributed by atoms with Gasteiger partial charge in [-0.05, 0) is 37.1 Å². The molecule has 1 aromatic rings. The molecule has 0 aromatic heterocycles. The van der Waals surface area contributed by atoms with Gasteiger partial charge in [0.15, 0.2) is 5.78 Å². The third-order valence-corrected chi connectivity index (χ3v) is 2.73. The van der Waals surface area contributed by atoms with Crippen LogP contribution in [-0.2, 0) is 9.59 Å². The standard InChI is InChI=1S/C12H13NO3/c1-7-3-9(14)4-8(2)12(7)13-6-10(15)5-11(13)16/h3-4,14H,5-6H2,1-2H3. The predicted molar refractivity (Wildman–Crippen MR) is 59.6 cm³/mol. The second-order valence-electron chi connectivity index (χ2n) is 4.12. The zero-order valence-corrected chi connectivity index (χ0v) is 9.28. The Morgan fingerprint density at radius 3 is 2.19 bits per heavy atom. The number of hydrogen-bond acceptors (Lipinski definition) is 3. The summed E-state index contributed by atoms with van der Waals surface area (Å²) in [7, 11) is 0. The van der Waals surface area contributed by atoms with Gasteiger partial charge in [-0.25, -0.2) is 0 Å². The minimum absolute atomic E-state index is 0.0141. The molecule has 0 unspecified atom stereocenters. The first-order valence-corrected chi connectivity index (χ1v) is 5.11. The molecule has 1 saturated heterocycles. The van der Waals surface area contributed by atoms with Crippen LogP contribution >= 0.6 is 0 Å². The molecule has 1 amide bonds. The van der Waals surface area contributed by atoms with Crippen LogP contribution in [0.1, 0.15) is 17.5 Å². The van der Waals surface area contributed by atoms with Crippen molar-refractivity contribution in [2.45, 2.75) is 20.3 Å². The third kappa shape index (κ3) is 1.66. The van der Waals surface area contributed by atoms with Crippen molar-refractivity contribution >= 4 is 17.4 Å². The van der Waals surface area contributed by atoms with E-state index in [-0.39, 0.29) is 30.4 Å². The van der Waals surface area contributed by atoms with Gasteiger partial charge in [-0.1, -0.05) is 0 Å². The van der Waals surface area contributed by atoms with Crippen LogP contribution in [0.2, 0.25) is 0 Å². The molecule has 84 valence electrons. The number of rotatable bonds is 1. The first-order valence-electron chi connectivity index (χ1n) is 5.11. The lowest BCUT2D eigenvalue weighted by atomic mass is 10.1. The zero-order chi connectivity index (χ0) is 11.9. The predicted octanol–water partition coefficient (Wildman–Crippen LogP) is 1.31. The van der Waals surface area contributed by atoms with E-state index >= 15 is 0 Å². The number of benzene rings is 1. The number of hydrogen-bond donors (Lipinski definition) is 1. The van der Waals surface area contributed by atoms with Crippen LogP contribution in [0.4, 0.5) is 5.69 Å². The molecule has 1 heterocycles. The Kier molecular flexibility index (Phi) is 2.42. The molecule has 0 bridgehead atoms. The highest BCUT2D eigenvalue weighted by atomic mass is 16.3. The van der Waals surface area contributed by atoms with Crippen molar-refractivity contribution in [3.8, 4) is 5.75 Å². The van der Waals surface area contributed by atoms with Crippen LogP contribution in [0, 0.1) is 13.8 Å². The van der Waals surface area contributed by atoms with E-state index in [1.807, 2.05) is 13.8 Å². The monoisotopic (exact) mass is 219 g/mol. The van der Waals surface area contributed by atoms with Crippen molar-refractivity contribution in [3.63, 3.8) is 0 Å². The highest BCUT2D eigenvalue weighted by molar-refractivity contribution is 6.15. The molecule has 0 aliphatic carbocycles. The molecular weight excluding hydrogens is 206 g/mol. The van der Waals surface area contributed by atoms with E-state index in [0.717, 1.165) is 16.8 Å². The molecule has 1 aromatic carbocycles. The van der Waals surface area contributed by atoms with Crippen molar-refractivity contribution < 1.29 is 14.7 Å². The SMILES string of the molecule is Cc1cc(O)cc(C)c1N1CC(=O)CC1=O. The highest BCUT2D eigenvalue weighted by Crippen LogP contribution is 2.31. The summed E-state index contributed by atoms with van der Waals surface area (Å²) in [4.78, 5) is 24.3. The second-order valence-corrected chi connectivity index (χ2v) is 4.12. The lowest BCUT2D eigenvalue weighted by Crippen LogP contribution is -2.26. The number of phenolic OH excluding ortho intramolecular Hbond substituents is 1. The molecular formula is C12H13NO3. The van der Waals surface area contributed by atoms with Crippen LogP contribution in [0.25, 0.3) is 0 Å². The minimum atomic E-state index is -0.165. The maximum atomic E-state index is 11.6. The Labute approximate surface area is 93.5 Å². The number of carbonyl (C=O) groups is 2. The van der Waals surface area contributed by atoms with Crippen molar-refractivity contribution in [1.82, 2.24) is 0 Å². The summed E-state index contributed by atoms with van der Waals surface area (Å²) in [5.74, 6) is -0.0458. The molecule has 4 nitrogen and oxygen atoms in total. The van der Waals surface area contributed by atoms with Crippen LogP contribution < -0.4 is 4.90 Å². The molecule has 0 radical (unpaired) electrons. The van der Waals surface area contributed by atoms with E-state index in [1.54, 1.807) is 12.1 Å². The molecule has 2 rings (SSSR count). The molecule has 0 spiro atoms. The smallest absolute Gasteiger partial charge is 0.234 e. The first-order chi connectivity index (χ1) is 7.49. The average Bonchev–Trinajstić information content (AvgIpc) is 2.43. The molecule has 1 aliphatic heterocycles. The Morgan fingerprint density at radius 1 is 1.19 bits per heavy atom. The number of amides is 1. The zero-order valence-electron chi connectivity index (χ0n) is 9.28. The normalized spacial score (nSPS) is 16.0. The minimum Gasteiger partial charge on any atom is -0.508 e. The number of ketones is 1. The average molecular weight is 219 g/mol. The van der Waals surface area contributed by atoms with Crippen molar-refractivity contribution in [2.75, 3.05) is 11.4 Å². The number of nitrogens with zero attached hydrogens (tertiary/aromatic N) is 1. The molecule has 16 heavy (non-hydrogen) atoms. The maximum absolute atomic E-state index is 11.6. The third-order valence-electron chi connectivity index (χ3n) is 2.73. The van der Waals surface area contributed by atoms with E-state index in [0.29, 0.717) is 0 Å². The van der Waals surface area contributed by atoms with Crippen molar-refractivity contribution in [2.24, 2.45) is 0 Å². The van der Waals surface area contributed by atoms with Crippen molar-refractivity contribution in [3.05, 3.63) is 23.3 Å². The lowest BCUT2D eigenvalue weighted by Gasteiger charge is -2.20. The summed E-state index contributed by atoms with van der Waals surface area (Å²) in [6.07, 6.45) is -0.0141. The Hall–Kier alpha value is -1.84. The molecule has 1 fully saturated rings. The highest BCUT2D eigenvalue weighted by Gasteiger charge is 2.30. The number of carbonyl (C=O) groups excluding carboxylic acids is 2. The molecule has 1 N–H and O–H groups in total. The summed E-state index contributed by atoms with van der Waals surface area (Å²) in [5, 5.41) is 9.41. The number of aryl methyl sites for hydroxylation is 2. The van der Waals surface area contributed by atoms with Gasteiger partial charge in [-0.2, -0.15) is 0 Å². The fraction of sp³-hybridized carbons (Fsp3) is 0.333. The van der Waals surface area contributed by atoms with Gasteiger partial charge in [0, 0.05) is 0 Å². The topological polar surface area (TPSA) is 57.6 Å². The molecule has 0 atom stereocenters. The van der Waals surface area contributed by atoms with E-state index in [1.165, 1.54) is 4.90 Å². The van der Waals surface area contributed by atoms with Gasteiger partial charge in [-0.3, -0.25) is 9.59 Å². The summed E-state index contributed by atoms with van der Waals surface area (Å²) >= 11 is 0. The molecule has 0 saturated carbocycles. The van der Waals surface area contributed by atoms with E-state index < -0.39 is 0 Å². The van der Waals surface area contributed by atoms with Gasteiger partial charge >= 0.3 is 0 Å². The van der Waals surface area contributed by atoms with E-state index in [4.69, 9.17) is 0 Å². The Balaban J connectivity index is 2.48. The maximum Gasteiger partial charge on any atom is 0.234 e. The number of anilines is 1. The summed E-state index contributed by atoms with van der Waals surface area (Å²) in [5.41, 5.74) is 2.36. The lowest BCUT2D eigenvalue weighted by molar-refractivity contribution is -0.121. The fourth-order valence-electron chi connectivity index (χ4n) is 2.15. The van der Waals surface area contributed by atoms with Gasteiger partial charge in [0.25, 0.3) is 0 Å². The van der Waals surface area contributed by atoms with Gasteiger partial charge in [0.1, 0.15) is 5.75 Å². The van der Waals surface area contributed by atoms with Gasteiger partial charge in [0.2, 0.25) is 5.91 Å². The fourth-order valence-corrected chi connectivity index (χ4v) is 2.15. The van der Waals surface area contributed by atoms with Gasteiger partial charge < -0.3 is 10.0 Å². The van der Waals surface area contributed by atoms with E-state index in [9.17, 15) is 14.7 Å². The summed E-state index contributed by atoms with van der Waals surface area (Å²) < 4.78 is 0. The second kappa shape index (κ2) is 3.63. The first kappa shape index (κ1) is 10.7. The van der Waals surface area contributed by atoms with Gasteiger partial charge in [-0.15, -0.1) is 0 Å². The number of phenols is 1. The van der Waals surface area contributed by atoms with Crippen LogP contribution in [0.15, 0.2) is 12.1 Å². The molecule has 4 heteroatoms. The van der Waals surface area contributed by atoms with Crippen LogP contribution in [0.3, 0.4) is 0 Å². The van der Waals surface area contributed by atoms with Crippen LogP contribution in [-0.4, -0.2) is 23.3 Å². The Morgan fingerprint density at radius 2 is 1.75 bits per heavy atom. The largest absolute Gasteiger partial charge is 0.508 e. The number of aromatic hydroxyl groups is 1. The Bertz CT molecular complexity index is 456.